The number of imidazole rings is 1. The van der Waals surface area contributed by atoms with E-state index < -0.39 is 65.8 Å². The number of benzene rings is 3. The fraction of sp³-hybridized carbons (Fsp3) is 0.310. The largest absolute Gasteiger partial charge is 0.368 e. The van der Waals surface area contributed by atoms with Crippen LogP contribution in [-0.4, -0.2) is 87.3 Å². The van der Waals surface area contributed by atoms with Gasteiger partial charge >= 0.3 is 6.03 Å². The minimum absolute atomic E-state index is 0.00858. The molecule has 0 saturated carbocycles. The second kappa shape index (κ2) is 21.6. The van der Waals surface area contributed by atoms with Crippen LogP contribution in [0.3, 0.4) is 0 Å². The maximum atomic E-state index is 14.3. The van der Waals surface area contributed by atoms with E-state index >= 15 is 0 Å². The van der Waals surface area contributed by atoms with Gasteiger partial charge in [0.2, 0.25) is 23.6 Å². The third-order valence-corrected chi connectivity index (χ3v) is 9.76. The number of nitrogens with one attached hydrogen (secondary N) is 7. The van der Waals surface area contributed by atoms with Crippen molar-refractivity contribution in [3.8, 4) is 0 Å². The average Bonchev–Trinajstić information content (AvgIpc) is 3.92. The molecule has 0 aliphatic carbocycles. The monoisotopic (exact) mass is 820 g/mol. The molecule has 5 aromatic rings. The Balaban J connectivity index is 1.36. The van der Waals surface area contributed by atoms with Gasteiger partial charge in [-0.15, -0.1) is 0 Å². The lowest BCUT2D eigenvalue weighted by molar-refractivity contribution is -0.133. The smallest absolute Gasteiger partial charge is 0.341 e. The Hall–Kier alpha value is -7.05. The van der Waals surface area contributed by atoms with E-state index in [2.05, 4.69) is 41.6 Å². The van der Waals surface area contributed by atoms with Crippen LogP contribution in [0.15, 0.2) is 104 Å². The number of anilines is 1. The SMILES string of the molecule is C[C@H](NC(=O)N(NC(=O)[C@@H](N)Cc1cnc[nH]1)c1ccccc1)C(=O)N[C@@H](Cc1c[nH]c2ccccc12)C(=O)N[C@H](Cc1ccccc1)C(=O)N[C@@H](CCCCN)C(N)=O. The molecule has 0 spiro atoms. The van der Waals surface area contributed by atoms with Crippen LogP contribution in [0.1, 0.15) is 43.0 Å². The standard InChI is InChI=1S/C42H52N12O6/c1-26(49-42(60)54(30-14-6-3-7-15-30)53-39(57)32(44)22-29-24-46-25-48-29)38(56)51-36(21-28-23-47-33-17-9-8-16-31(28)33)41(59)52-35(20-27-12-4-2-5-13-27)40(58)50-34(37(45)55)18-10-11-19-43/h2-9,12-17,23-26,32,34-36,47H,10-11,18-22,43-44H2,1H3,(H2,45,55)(H,46,48)(H,49,60)(H,50,58)(H,51,56)(H,52,59)(H,53,57)/t26-,32-,34-,35+,36-/m0/s1. The Labute approximate surface area is 346 Å². The molecule has 5 atom stereocenters. The molecule has 7 amide bonds. The van der Waals surface area contributed by atoms with Crippen LogP contribution in [0, 0.1) is 0 Å². The lowest BCUT2D eigenvalue weighted by Gasteiger charge is -2.28. The Morgan fingerprint density at radius 1 is 0.717 bits per heavy atom. The number of rotatable bonds is 20. The molecule has 316 valence electrons. The number of nitrogens with zero attached hydrogens (tertiary/aromatic N) is 2. The number of fused-ring (bicyclic) bond motifs is 1. The highest BCUT2D eigenvalue weighted by atomic mass is 16.2. The first-order chi connectivity index (χ1) is 28.9. The first-order valence-corrected chi connectivity index (χ1v) is 19.6. The molecule has 0 aliphatic rings. The van der Waals surface area contributed by atoms with E-state index in [1.807, 2.05) is 30.3 Å². The summed E-state index contributed by atoms with van der Waals surface area (Å²) in [5.41, 5.74) is 23.1. The van der Waals surface area contributed by atoms with E-state index in [4.69, 9.17) is 17.2 Å². The molecule has 0 saturated heterocycles. The number of hydrazine groups is 1. The third kappa shape index (κ3) is 12.5. The molecule has 0 aliphatic heterocycles. The lowest BCUT2D eigenvalue weighted by Crippen LogP contribution is -2.60. The average molecular weight is 821 g/mol. The summed E-state index contributed by atoms with van der Waals surface area (Å²) < 4.78 is 0. The molecular formula is C42H52N12O6. The van der Waals surface area contributed by atoms with Crippen molar-refractivity contribution in [3.05, 3.63) is 120 Å². The van der Waals surface area contributed by atoms with Crippen LogP contribution in [-0.2, 0) is 43.2 Å². The minimum atomic E-state index is -1.26. The van der Waals surface area contributed by atoms with Crippen LogP contribution in [0.25, 0.3) is 10.9 Å². The predicted octanol–water partition coefficient (Wildman–Crippen LogP) is 0.951. The second-order valence-corrected chi connectivity index (χ2v) is 14.3. The van der Waals surface area contributed by atoms with E-state index in [0.717, 1.165) is 21.5 Å². The molecule has 2 heterocycles. The minimum Gasteiger partial charge on any atom is -0.368 e. The zero-order valence-corrected chi connectivity index (χ0v) is 33.2. The normalized spacial score (nSPS) is 13.5. The van der Waals surface area contributed by atoms with Crippen molar-refractivity contribution in [2.24, 2.45) is 17.2 Å². The lowest BCUT2D eigenvalue weighted by atomic mass is 10.0. The molecule has 60 heavy (non-hydrogen) atoms. The number of nitrogens with two attached hydrogens (primary N) is 3. The summed E-state index contributed by atoms with van der Waals surface area (Å²) in [6.07, 6.45) is 6.31. The van der Waals surface area contributed by atoms with Crippen LogP contribution in [0.2, 0.25) is 0 Å². The number of unbranched alkanes of at least 4 members (excludes halogenated alkanes) is 1. The zero-order valence-electron chi connectivity index (χ0n) is 33.2. The highest BCUT2D eigenvalue weighted by Crippen LogP contribution is 2.20. The highest BCUT2D eigenvalue weighted by molar-refractivity contribution is 6.00. The summed E-state index contributed by atoms with van der Waals surface area (Å²) in [5.74, 6) is -3.49. The molecule has 18 nitrogen and oxygen atoms in total. The molecule has 0 fully saturated rings. The van der Waals surface area contributed by atoms with Gasteiger partial charge in [0.15, 0.2) is 0 Å². The van der Waals surface area contributed by atoms with Gasteiger partial charge in [-0.2, -0.15) is 0 Å². The summed E-state index contributed by atoms with van der Waals surface area (Å²) in [7, 11) is 0. The van der Waals surface area contributed by atoms with Gasteiger partial charge in [0.05, 0.1) is 18.1 Å². The topological polar surface area (TPSA) is 288 Å². The fourth-order valence-corrected chi connectivity index (χ4v) is 6.45. The molecule has 0 unspecified atom stereocenters. The summed E-state index contributed by atoms with van der Waals surface area (Å²) in [4.78, 5) is 91.3. The van der Waals surface area contributed by atoms with Crippen LogP contribution in [0.5, 0.6) is 0 Å². The van der Waals surface area contributed by atoms with E-state index in [0.29, 0.717) is 30.6 Å². The van der Waals surface area contributed by atoms with Crippen molar-refractivity contribution >= 4 is 52.2 Å². The van der Waals surface area contributed by atoms with E-state index in [-0.39, 0.29) is 31.4 Å². The van der Waals surface area contributed by atoms with Gasteiger partial charge in [0.1, 0.15) is 24.2 Å². The Morgan fingerprint density at radius 3 is 2.02 bits per heavy atom. The van der Waals surface area contributed by atoms with Gasteiger partial charge in [-0.25, -0.2) is 14.8 Å². The summed E-state index contributed by atoms with van der Waals surface area (Å²) in [6, 6.07) is 18.0. The van der Waals surface area contributed by atoms with Gasteiger partial charge < -0.3 is 48.4 Å². The van der Waals surface area contributed by atoms with Crippen LogP contribution >= 0.6 is 0 Å². The number of aromatic amines is 2. The molecule has 3 aromatic carbocycles. The van der Waals surface area contributed by atoms with E-state index in [1.54, 1.807) is 60.8 Å². The number of aromatic nitrogens is 3. The van der Waals surface area contributed by atoms with Gasteiger partial charge in [-0.1, -0.05) is 66.7 Å². The summed E-state index contributed by atoms with van der Waals surface area (Å²) in [6.45, 7) is 1.82. The van der Waals surface area contributed by atoms with Crippen molar-refractivity contribution in [2.75, 3.05) is 11.6 Å². The fourth-order valence-electron chi connectivity index (χ4n) is 6.45. The first kappa shape index (κ1) is 44.1. The number of para-hydroxylation sites is 2. The van der Waals surface area contributed by atoms with Gasteiger partial charge in [0, 0.05) is 48.3 Å². The van der Waals surface area contributed by atoms with Gasteiger partial charge in [-0.3, -0.25) is 29.4 Å². The number of carbonyl (C=O) groups is 6. The number of primary amides is 1. The van der Waals surface area contributed by atoms with Crippen molar-refractivity contribution < 1.29 is 28.8 Å². The first-order valence-electron chi connectivity index (χ1n) is 19.6. The molecule has 5 rings (SSSR count). The Bertz CT molecular complexity index is 2200. The molecular weight excluding hydrogens is 769 g/mol. The Morgan fingerprint density at radius 2 is 1.35 bits per heavy atom. The number of hydrogen-bond donors (Lipinski definition) is 10. The van der Waals surface area contributed by atoms with Crippen molar-refractivity contribution in [3.63, 3.8) is 0 Å². The maximum Gasteiger partial charge on any atom is 0.341 e. The number of carbonyl (C=O) groups excluding carboxylic acids is 6. The number of hydrogen-bond acceptors (Lipinski definition) is 9. The van der Waals surface area contributed by atoms with Crippen LogP contribution in [0.4, 0.5) is 10.5 Å². The third-order valence-electron chi connectivity index (χ3n) is 9.76. The van der Waals surface area contributed by atoms with Gasteiger partial charge in [0.25, 0.3) is 5.91 Å². The maximum absolute atomic E-state index is 14.3. The molecule has 18 heteroatoms. The molecule has 2 aromatic heterocycles. The van der Waals surface area contributed by atoms with Gasteiger partial charge in [-0.05, 0) is 62.1 Å². The summed E-state index contributed by atoms with van der Waals surface area (Å²) in [5, 5.41) is 12.6. The molecule has 0 bridgehead atoms. The number of amides is 7. The molecule has 13 N–H and O–H groups in total. The summed E-state index contributed by atoms with van der Waals surface area (Å²) >= 11 is 0. The van der Waals surface area contributed by atoms with Crippen LogP contribution < -0.4 is 48.9 Å². The van der Waals surface area contributed by atoms with E-state index in [9.17, 15) is 28.8 Å². The number of urea groups is 1. The zero-order chi connectivity index (χ0) is 43.0. The highest BCUT2D eigenvalue weighted by Gasteiger charge is 2.32. The molecule has 0 radical (unpaired) electrons. The second-order valence-electron chi connectivity index (χ2n) is 14.3. The van der Waals surface area contributed by atoms with Crippen molar-refractivity contribution in [1.29, 1.82) is 0 Å². The van der Waals surface area contributed by atoms with Crippen molar-refractivity contribution in [1.82, 2.24) is 41.6 Å². The predicted molar refractivity (Wildman–Crippen MR) is 225 cm³/mol. The quantitative estimate of drug-likeness (QED) is 0.0395. The Kier molecular flexibility index (Phi) is 15.9. The van der Waals surface area contributed by atoms with E-state index in [1.165, 1.54) is 19.4 Å². The number of H-pyrrole nitrogens is 2. The van der Waals surface area contributed by atoms with Crippen molar-refractivity contribution in [2.45, 2.75) is 75.7 Å².